The van der Waals surface area contributed by atoms with Crippen molar-refractivity contribution in [3.63, 3.8) is 0 Å². The van der Waals surface area contributed by atoms with Crippen molar-refractivity contribution < 1.29 is 22.7 Å². The molecule has 2 aromatic rings. The van der Waals surface area contributed by atoms with Gasteiger partial charge in [0.2, 0.25) is 21.8 Å². The maximum Gasteiger partial charge on any atom is 0.243 e. The molecular formula is C22H27N3O5S. The van der Waals surface area contributed by atoms with Gasteiger partial charge in [0, 0.05) is 31.7 Å². The zero-order valence-corrected chi connectivity index (χ0v) is 18.7. The number of methoxy groups -OCH3 is 1. The number of para-hydroxylation sites is 1. The highest BCUT2D eigenvalue weighted by Gasteiger charge is 2.35. The summed E-state index contributed by atoms with van der Waals surface area (Å²) in [7, 11) is -2.25. The number of sulfonamides is 1. The maximum absolute atomic E-state index is 12.9. The average molecular weight is 446 g/mol. The van der Waals surface area contributed by atoms with Gasteiger partial charge < -0.3 is 15.0 Å². The number of hydrogen-bond donors (Lipinski definition) is 1. The normalized spacial score (nSPS) is 16.6. The first kappa shape index (κ1) is 22.8. The van der Waals surface area contributed by atoms with Crippen LogP contribution >= 0.6 is 0 Å². The Bertz CT molecular complexity index is 1050. The van der Waals surface area contributed by atoms with E-state index in [1.807, 2.05) is 30.3 Å². The van der Waals surface area contributed by atoms with E-state index in [1.165, 1.54) is 29.6 Å². The van der Waals surface area contributed by atoms with Crippen LogP contribution in [0.1, 0.15) is 20.3 Å². The number of carbonyl (C=O) groups excluding carboxylic acids is 2. The van der Waals surface area contributed by atoms with Crippen molar-refractivity contribution >= 4 is 33.2 Å². The molecule has 1 atom stereocenters. The summed E-state index contributed by atoms with van der Waals surface area (Å²) in [6.07, 6.45) is 0.0838. The van der Waals surface area contributed by atoms with Crippen LogP contribution in [0, 0.1) is 5.92 Å². The van der Waals surface area contributed by atoms with Gasteiger partial charge in [-0.15, -0.1) is 0 Å². The lowest BCUT2D eigenvalue weighted by Crippen LogP contribution is -2.31. The molecule has 1 fully saturated rings. The Kier molecular flexibility index (Phi) is 6.97. The highest BCUT2D eigenvalue weighted by Crippen LogP contribution is 2.31. The van der Waals surface area contributed by atoms with Crippen LogP contribution in [0.25, 0.3) is 0 Å². The molecule has 0 aliphatic carbocycles. The smallest absolute Gasteiger partial charge is 0.243 e. The van der Waals surface area contributed by atoms with Crippen LogP contribution in [0.15, 0.2) is 53.4 Å². The summed E-state index contributed by atoms with van der Waals surface area (Å²) in [4.78, 5) is 27.0. The van der Waals surface area contributed by atoms with Gasteiger partial charge >= 0.3 is 0 Å². The van der Waals surface area contributed by atoms with Gasteiger partial charge in [-0.2, -0.15) is 4.31 Å². The molecule has 0 saturated carbocycles. The van der Waals surface area contributed by atoms with E-state index in [9.17, 15) is 18.0 Å². The summed E-state index contributed by atoms with van der Waals surface area (Å²) in [5.74, 6) is -0.699. The van der Waals surface area contributed by atoms with E-state index in [0.29, 0.717) is 18.8 Å². The molecule has 1 N–H and O–H groups in total. The third-order valence-electron chi connectivity index (χ3n) is 5.34. The minimum atomic E-state index is -3.69. The quantitative estimate of drug-likeness (QED) is 0.674. The van der Waals surface area contributed by atoms with Crippen LogP contribution in [0.5, 0.6) is 5.75 Å². The largest absolute Gasteiger partial charge is 0.495 e. The van der Waals surface area contributed by atoms with Crippen molar-refractivity contribution in [1.29, 1.82) is 0 Å². The molecule has 0 bridgehead atoms. The zero-order chi connectivity index (χ0) is 22.6. The first-order valence-corrected chi connectivity index (χ1v) is 11.6. The Labute approximate surface area is 182 Å². The second-order valence-corrected chi connectivity index (χ2v) is 9.12. The molecule has 1 aliphatic heterocycles. The molecule has 0 aromatic heterocycles. The fourth-order valence-electron chi connectivity index (χ4n) is 3.63. The molecule has 2 aromatic carbocycles. The maximum atomic E-state index is 12.9. The fourth-order valence-corrected chi connectivity index (χ4v) is 5.12. The SMILES string of the molecule is CCN(CC)S(=O)(=O)c1ccc(OC)c(NC(=O)C2CC(=O)N(c3ccccc3)C2)c1. The Hall–Kier alpha value is -2.91. The minimum Gasteiger partial charge on any atom is -0.495 e. The van der Waals surface area contributed by atoms with E-state index in [-0.39, 0.29) is 35.4 Å². The summed E-state index contributed by atoms with van der Waals surface area (Å²) in [6.45, 7) is 4.47. The second-order valence-electron chi connectivity index (χ2n) is 7.18. The number of carbonyl (C=O) groups is 2. The number of nitrogens with zero attached hydrogens (tertiary/aromatic N) is 2. The number of rotatable bonds is 8. The van der Waals surface area contributed by atoms with Crippen molar-refractivity contribution in [2.45, 2.75) is 25.2 Å². The van der Waals surface area contributed by atoms with Crippen LogP contribution < -0.4 is 15.0 Å². The van der Waals surface area contributed by atoms with Gasteiger partial charge in [0.1, 0.15) is 5.75 Å². The summed E-state index contributed by atoms with van der Waals surface area (Å²) >= 11 is 0. The number of nitrogens with one attached hydrogen (secondary N) is 1. The number of benzene rings is 2. The van der Waals surface area contributed by atoms with E-state index in [1.54, 1.807) is 18.7 Å². The number of amides is 2. The Morgan fingerprint density at radius 1 is 1.16 bits per heavy atom. The molecule has 9 heteroatoms. The van der Waals surface area contributed by atoms with Crippen LogP contribution in [-0.2, 0) is 19.6 Å². The molecule has 1 heterocycles. The molecule has 0 radical (unpaired) electrons. The number of ether oxygens (including phenoxy) is 1. The van der Waals surface area contributed by atoms with E-state index in [2.05, 4.69) is 5.32 Å². The Morgan fingerprint density at radius 2 is 1.84 bits per heavy atom. The summed E-state index contributed by atoms with van der Waals surface area (Å²) < 4.78 is 32.3. The van der Waals surface area contributed by atoms with Gasteiger partial charge in [-0.3, -0.25) is 9.59 Å². The molecule has 3 rings (SSSR count). The van der Waals surface area contributed by atoms with Crippen LogP contribution in [0.4, 0.5) is 11.4 Å². The first-order chi connectivity index (χ1) is 14.8. The minimum absolute atomic E-state index is 0.0701. The predicted molar refractivity (Wildman–Crippen MR) is 119 cm³/mol. The van der Waals surface area contributed by atoms with Crippen LogP contribution in [-0.4, -0.2) is 51.3 Å². The van der Waals surface area contributed by atoms with E-state index in [4.69, 9.17) is 4.74 Å². The van der Waals surface area contributed by atoms with Crippen molar-refractivity contribution in [1.82, 2.24) is 4.31 Å². The van der Waals surface area contributed by atoms with Crippen molar-refractivity contribution in [2.75, 3.05) is 37.0 Å². The summed E-state index contributed by atoms with van der Waals surface area (Å²) in [5.41, 5.74) is 0.999. The van der Waals surface area contributed by atoms with Gasteiger partial charge in [0.25, 0.3) is 0 Å². The first-order valence-electron chi connectivity index (χ1n) is 10.2. The fraction of sp³-hybridized carbons (Fsp3) is 0.364. The zero-order valence-electron chi connectivity index (χ0n) is 17.9. The third kappa shape index (κ3) is 4.72. The number of anilines is 2. The number of hydrogen-bond acceptors (Lipinski definition) is 5. The molecule has 1 saturated heterocycles. The lowest BCUT2D eigenvalue weighted by atomic mass is 10.1. The predicted octanol–water partition coefficient (Wildman–Crippen LogP) is 2.72. The molecule has 8 nitrogen and oxygen atoms in total. The average Bonchev–Trinajstić information content (AvgIpc) is 3.16. The van der Waals surface area contributed by atoms with E-state index >= 15 is 0 Å². The summed E-state index contributed by atoms with van der Waals surface area (Å²) in [5, 5.41) is 2.76. The van der Waals surface area contributed by atoms with Gasteiger partial charge in [-0.1, -0.05) is 32.0 Å². The van der Waals surface area contributed by atoms with E-state index < -0.39 is 15.9 Å². The van der Waals surface area contributed by atoms with Crippen LogP contribution in [0.2, 0.25) is 0 Å². The monoisotopic (exact) mass is 445 g/mol. The lowest BCUT2D eigenvalue weighted by molar-refractivity contribution is -0.122. The highest BCUT2D eigenvalue weighted by molar-refractivity contribution is 7.89. The highest BCUT2D eigenvalue weighted by atomic mass is 32.2. The summed E-state index contributed by atoms with van der Waals surface area (Å²) in [6, 6.07) is 13.5. The topological polar surface area (TPSA) is 96.0 Å². The second kappa shape index (κ2) is 9.49. The lowest BCUT2D eigenvalue weighted by Gasteiger charge is -2.20. The van der Waals surface area contributed by atoms with Crippen molar-refractivity contribution in [2.24, 2.45) is 5.92 Å². The molecule has 1 unspecified atom stereocenters. The van der Waals surface area contributed by atoms with Crippen molar-refractivity contribution in [3.8, 4) is 5.75 Å². The van der Waals surface area contributed by atoms with Gasteiger partial charge in [0.05, 0.1) is 23.6 Å². The molecule has 1 aliphatic rings. The molecule has 31 heavy (non-hydrogen) atoms. The Balaban J connectivity index is 1.82. The van der Waals surface area contributed by atoms with Crippen LogP contribution in [0.3, 0.4) is 0 Å². The molecule has 2 amide bonds. The van der Waals surface area contributed by atoms with Gasteiger partial charge in [0.15, 0.2) is 0 Å². The Morgan fingerprint density at radius 3 is 2.45 bits per heavy atom. The molecule has 166 valence electrons. The van der Waals surface area contributed by atoms with Crippen molar-refractivity contribution in [3.05, 3.63) is 48.5 Å². The standard InChI is InChI=1S/C22H27N3O5S/c1-4-24(5-2)31(28,29)18-11-12-20(30-3)19(14-18)23-22(27)16-13-21(26)25(15-16)17-9-7-6-8-10-17/h6-12,14,16H,4-5,13,15H2,1-3H3,(H,23,27). The van der Waals surface area contributed by atoms with E-state index in [0.717, 1.165) is 5.69 Å². The third-order valence-corrected chi connectivity index (χ3v) is 7.38. The molecule has 0 spiro atoms. The van der Waals surface area contributed by atoms with Gasteiger partial charge in [-0.25, -0.2) is 8.42 Å². The van der Waals surface area contributed by atoms with Gasteiger partial charge in [-0.05, 0) is 30.3 Å². The molecular weight excluding hydrogens is 418 g/mol.